The summed E-state index contributed by atoms with van der Waals surface area (Å²) in [5.41, 5.74) is 2.73. The summed E-state index contributed by atoms with van der Waals surface area (Å²) >= 11 is 4.91. The highest BCUT2D eigenvalue weighted by Gasteiger charge is 2.22. The van der Waals surface area contributed by atoms with Gasteiger partial charge >= 0.3 is 0 Å². The normalized spacial score (nSPS) is 11.6. The number of thiazole rings is 1. The fourth-order valence-corrected chi connectivity index (χ4v) is 6.19. The Morgan fingerprint density at radius 1 is 1.06 bits per heavy atom. The third-order valence-corrected chi connectivity index (χ3v) is 8.50. The Labute approximate surface area is 205 Å². The van der Waals surface area contributed by atoms with Crippen molar-refractivity contribution in [2.24, 2.45) is 0 Å². The van der Waals surface area contributed by atoms with Crippen molar-refractivity contribution in [2.45, 2.75) is 31.2 Å². The molecule has 0 saturated heterocycles. The van der Waals surface area contributed by atoms with Crippen molar-refractivity contribution in [2.75, 3.05) is 10.7 Å². The maximum Gasteiger partial charge on any atom is 0.229 e. The fraction of sp³-hybridized carbons (Fsp3) is 0.208. The number of hydrogen-bond donors (Lipinski definition) is 0. The molecule has 0 N–H and O–H groups in total. The van der Waals surface area contributed by atoms with Crippen LogP contribution in [0.15, 0.2) is 76.4 Å². The van der Waals surface area contributed by atoms with Crippen LogP contribution in [0.2, 0.25) is 0 Å². The zero-order chi connectivity index (χ0) is 23.4. The molecule has 9 heteroatoms. The van der Waals surface area contributed by atoms with Gasteiger partial charge in [0.25, 0.3) is 0 Å². The molecule has 33 heavy (non-hydrogen) atoms. The van der Waals surface area contributed by atoms with Gasteiger partial charge in [0.2, 0.25) is 5.91 Å². The third kappa shape index (κ3) is 5.85. The van der Waals surface area contributed by atoms with Crippen LogP contribution in [0.4, 0.5) is 5.13 Å². The second kappa shape index (κ2) is 10.1. The van der Waals surface area contributed by atoms with E-state index >= 15 is 0 Å². The van der Waals surface area contributed by atoms with E-state index in [0.29, 0.717) is 11.7 Å². The monoisotopic (exact) mass is 543 g/mol. The van der Waals surface area contributed by atoms with Gasteiger partial charge in [-0.15, -0.1) is 0 Å². The molecule has 6 nitrogen and oxygen atoms in total. The standard InChI is InChI=1S/C24H22BrN3O3S2/c1-17-4-7-20(8-5-17)33(30,31)14-2-3-23(29)28(16-18-10-12-26-13-11-18)24-27-21-9-6-19(25)15-22(21)32-24/h4-13,15H,2-3,14,16H2,1H3. The van der Waals surface area contributed by atoms with Crippen molar-refractivity contribution in [3.05, 3.63) is 82.6 Å². The van der Waals surface area contributed by atoms with E-state index in [1.54, 1.807) is 41.6 Å². The zero-order valence-electron chi connectivity index (χ0n) is 17.9. The van der Waals surface area contributed by atoms with Gasteiger partial charge in [-0.3, -0.25) is 14.7 Å². The number of carbonyl (C=O) groups excluding carboxylic acids is 1. The molecule has 0 radical (unpaired) electrons. The van der Waals surface area contributed by atoms with E-state index in [9.17, 15) is 13.2 Å². The maximum absolute atomic E-state index is 13.2. The lowest BCUT2D eigenvalue weighted by atomic mass is 10.2. The van der Waals surface area contributed by atoms with E-state index in [0.717, 1.165) is 25.8 Å². The average molecular weight is 544 g/mol. The quantitative estimate of drug-likeness (QED) is 0.291. The zero-order valence-corrected chi connectivity index (χ0v) is 21.2. The molecule has 170 valence electrons. The van der Waals surface area contributed by atoms with Crippen LogP contribution in [0.5, 0.6) is 0 Å². The molecule has 4 rings (SSSR count). The number of anilines is 1. The first-order valence-corrected chi connectivity index (χ1v) is 13.6. The number of pyridine rings is 1. The van der Waals surface area contributed by atoms with Gasteiger partial charge in [0.15, 0.2) is 15.0 Å². The summed E-state index contributed by atoms with van der Waals surface area (Å²) in [4.78, 5) is 23.8. The van der Waals surface area contributed by atoms with Gasteiger partial charge in [-0.2, -0.15) is 0 Å². The Balaban J connectivity index is 1.52. The Bertz CT molecular complexity index is 1370. The van der Waals surface area contributed by atoms with Crippen molar-refractivity contribution in [3.63, 3.8) is 0 Å². The van der Waals surface area contributed by atoms with Crippen LogP contribution in [0.3, 0.4) is 0 Å². The first-order chi connectivity index (χ1) is 15.8. The van der Waals surface area contributed by atoms with Crippen molar-refractivity contribution < 1.29 is 13.2 Å². The van der Waals surface area contributed by atoms with Crippen LogP contribution in [0.25, 0.3) is 10.2 Å². The number of benzene rings is 2. The minimum atomic E-state index is -3.44. The summed E-state index contributed by atoms with van der Waals surface area (Å²) in [5, 5.41) is 0.589. The molecule has 2 aromatic heterocycles. The molecule has 0 aliphatic rings. The predicted molar refractivity (Wildman–Crippen MR) is 135 cm³/mol. The van der Waals surface area contributed by atoms with Gasteiger partial charge in [-0.05, 0) is 61.4 Å². The number of hydrogen-bond acceptors (Lipinski definition) is 6. The van der Waals surface area contributed by atoms with E-state index in [1.807, 2.05) is 37.3 Å². The van der Waals surface area contributed by atoms with E-state index in [1.165, 1.54) is 11.3 Å². The molecule has 0 aliphatic heterocycles. The number of fused-ring (bicyclic) bond motifs is 1. The molecular formula is C24H22BrN3O3S2. The minimum absolute atomic E-state index is 0.0856. The Hall–Kier alpha value is -2.62. The molecule has 2 heterocycles. The third-order valence-electron chi connectivity index (χ3n) is 5.15. The highest BCUT2D eigenvalue weighted by atomic mass is 79.9. The van der Waals surface area contributed by atoms with Gasteiger partial charge in [-0.25, -0.2) is 13.4 Å². The van der Waals surface area contributed by atoms with Gasteiger partial charge < -0.3 is 0 Å². The molecule has 0 unspecified atom stereocenters. The maximum atomic E-state index is 13.2. The van der Waals surface area contributed by atoms with E-state index in [2.05, 4.69) is 25.9 Å². The molecule has 0 spiro atoms. The summed E-state index contributed by atoms with van der Waals surface area (Å²) in [6, 6.07) is 16.3. The lowest BCUT2D eigenvalue weighted by Gasteiger charge is -2.20. The number of amides is 1. The first-order valence-electron chi connectivity index (χ1n) is 10.4. The smallest absolute Gasteiger partial charge is 0.229 e. The highest BCUT2D eigenvalue weighted by Crippen LogP contribution is 2.32. The van der Waals surface area contributed by atoms with Crippen molar-refractivity contribution >= 4 is 58.4 Å². The predicted octanol–water partition coefficient (Wildman–Crippen LogP) is 5.55. The van der Waals surface area contributed by atoms with E-state index < -0.39 is 9.84 Å². The number of aromatic nitrogens is 2. The van der Waals surface area contributed by atoms with Gasteiger partial charge in [0.05, 0.1) is 27.4 Å². The number of carbonyl (C=O) groups is 1. The van der Waals surface area contributed by atoms with E-state index in [-0.39, 0.29) is 29.4 Å². The van der Waals surface area contributed by atoms with Crippen LogP contribution >= 0.6 is 27.3 Å². The summed E-state index contributed by atoms with van der Waals surface area (Å²) < 4.78 is 27.2. The number of halogens is 1. The SMILES string of the molecule is Cc1ccc(S(=O)(=O)CCCC(=O)N(Cc2ccncc2)c2nc3ccc(Br)cc3s2)cc1. The fourth-order valence-electron chi connectivity index (χ4n) is 3.35. The number of aryl methyl sites for hydroxylation is 1. The minimum Gasteiger partial charge on any atom is -0.284 e. The van der Waals surface area contributed by atoms with Crippen LogP contribution < -0.4 is 4.90 Å². The van der Waals surface area contributed by atoms with Crippen molar-refractivity contribution in [1.82, 2.24) is 9.97 Å². The first kappa shape index (κ1) is 23.5. The number of rotatable bonds is 8. The molecule has 4 aromatic rings. The largest absolute Gasteiger partial charge is 0.284 e. The molecule has 0 atom stereocenters. The Morgan fingerprint density at radius 3 is 2.52 bits per heavy atom. The summed E-state index contributed by atoms with van der Waals surface area (Å²) in [5.74, 6) is -0.249. The Morgan fingerprint density at radius 2 is 1.79 bits per heavy atom. The van der Waals surface area contributed by atoms with Gasteiger partial charge in [0, 0.05) is 23.3 Å². The second-order valence-electron chi connectivity index (χ2n) is 7.68. The average Bonchev–Trinajstić information content (AvgIpc) is 3.21. The molecular weight excluding hydrogens is 522 g/mol. The van der Waals surface area contributed by atoms with E-state index in [4.69, 9.17) is 0 Å². The summed E-state index contributed by atoms with van der Waals surface area (Å²) in [7, 11) is -3.44. The lowest BCUT2D eigenvalue weighted by molar-refractivity contribution is -0.118. The summed E-state index contributed by atoms with van der Waals surface area (Å²) in [6.45, 7) is 2.25. The number of nitrogens with zero attached hydrogens (tertiary/aromatic N) is 3. The Kier molecular flexibility index (Phi) is 7.21. The lowest BCUT2D eigenvalue weighted by Crippen LogP contribution is -2.30. The molecule has 0 bridgehead atoms. The van der Waals surface area contributed by atoms with Gasteiger partial charge in [-0.1, -0.05) is 45.0 Å². The molecule has 0 saturated carbocycles. The molecule has 1 amide bonds. The molecule has 0 fully saturated rings. The highest BCUT2D eigenvalue weighted by molar-refractivity contribution is 9.10. The topological polar surface area (TPSA) is 80.2 Å². The van der Waals surface area contributed by atoms with Crippen molar-refractivity contribution in [3.8, 4) is 0 Å². The molecule has 0 aliphatic carbocycles. The number of sulfone groups is 1. The van der Waals surface area contributed by atoms with Crippen molar-refractivity contribution in [1.29, 1.82) is 0 Å². The summed E-state index contributed by atoms with van der Waals surface area (Å²) in [6.07, 6.45) is 3.71. The van der Waals surface area contributed by atoms with Crippen LogP contribution in [-0.4, -0.2) is 30.0 Å². The molecule has 2 aromatic carbocycles. The second-order valence-corrected chi connectivity index (χ2v) is 11.7. The van der Waals surface area contributed by atoms with Gasteiger partial charge in [0.1, 0.15) is 0 Å². The van der Waals surface area contributed by atoms with Crippen LogP contribution in [-0.2, 0) is 21.2 Å². The van der Waals surface area contributed by atoms with Crippen LogP contribution in [0, 0.1) is 6.92 Å². The van der Waals surface area contributed by atoms with Crippen LogP contribution in [0.1, 0.15) is 24.0 Å².